The molecule has 0 saturated carbocycles. The van der Waals surface area contributed by atoms with E-state index in [0.717, 1.165) is 11.1 Å². The van der Waals surface area contributed by atoms with Crippen LogP contribution >= 0.6 is 11.6 Å². The van der Waals surface area contributed by atoms with Crippen molar-refractivity contribution in [1.82, 2.24) is 5.43 Å². The number of ether oxygens (including phenoxy) is 1. The fourth-order valence-electron chi connectivity index (χ4n) is 3.04. The minimum Gasteiger partial charge on any atom is -0.423 e. The number of benzene rings is 3. The van der Waals surface area contributed by atoms with Crippen molar-refractivity contribution >= 4 is 40.8 Å². The van der Waals surface area contributed by atoms with E-state index in [9.17, 15) is 14.4 Å². The zero-order chi connectivity index (χ0) is 24.0. The Labute approximate surface area is 196 Å². The number of hydrazone groups is 1. The monoisotopic (exact) mass is 463 g/mol. The lowest BCUT2D eigenvalue weighted by atomic mass is 10.1. The molecule has 0 aromatic heterocycles. The largest absolute Gasteiger partial charge is 0.423 e. The van der Waals surface area contributed by atoms with Crippen molar-refractivity contribution in [3.63, 3.8) is 0 Å². The van der Waals surface area contributed by atoms with Crippen molar-refractivity contribution in [2.75, 3.05) is 5.32 Å². The van der Waals surface area contributed by atoms with Crippen molar-refractivity contribution in [2.24, 2.45) is 5.10 Å². The molecule has 0 aliphatic rings. The van der Waals surface area contributed by atoms with Crippen LogP contribution in [0.2, 0.25) is 5.02 Å². The third-order valence-corrected chi connectivity index (χ3v) is 4.92. The van der Waals surface area contributed by atoms with Crippen LogP contribution in [0.1, 0.15) is 34.0 Å². The highest BCUT2D eigenvalue weighted by Crippen LogP contribution is 2.19. The maximum absolute atomic E-state index is 12.2. The van der Waals surface area contributed by atoms with Gasteiger partial charge in [-0.15, -0.1) is 0 Å². The average Bonchev–Trinajstić information content (AvgIpc) is 2.77. The van der Waals surface area contributed by atoms with Crippen molar-refractivity contribution < 1.29 is 19.1 Å². The van der Waals surface area contributed by atoms with E-state index in [1.165, 1.54) is 0 Å². The fourth-order valence-corrected chi connectivity index (χ4v) is 3.25. The van der Waals surface area contributed by atoms with Crippen LogP contribution in [0.5, 0.6) is 5.75 Å². The lowest BCUT2D eigenvalue weighted by molar-refractivity contribution is -0.136. The zero-order valence-electron chi connectivity index (χ0n) is 18.3. The number of halogens is 1. The average molecular weight is 464 g/mol. The molecule has 2 N–H and O–H groups in total. The number of nitrogens with zero attached hydrogens (tertiary/aromatic N) is 1. The second-order valence-electron chi connectivity index (χ2n) is 7.36. The summed E-state index contributed by atoms with van der Waals surface area (Å²) in [4.78, 5) is 36.5. The van der Waals surface area contributed by atoms with Gasteiger partial charge in [-0.05, 0) is 86.0 Å². The molecule has 0 heterocycles. The second kappa shape index (κ2) is 10.6. The van der Waals surface area contributed by atoms with Crippen molar-refractivity contribution in [3.8, 4) is 5.75 Å². The van der Waals surface area contributed by atoms with E-state index in [1.54, 1.807) is 67.6 Å². The molecule has 0 bridgehead atoms. The van der Waals surface area contributed by atoms with Gasteiger partial charge in [0.05, 0.1) is 16.3 Å². The number of nitrogens with one attached hydrogen (secondary N) is 2. The molecule has 0 spiro atoms. The summed E-state index contributed by atoms with van der Waals surface area (Å²) in [6.07, 6.45) is 0. The van der Waals surface area contributed by atoms with Crippen LogP contribution < -0.4 is 15.5 Å². The Balaban J connectivity index is 1.58. The molecule has 3 aromatic rings. The molecule has 0 radical (unpaired) electrons. The van der Waals surface area contributed by atoms with Crippen LogP contribution in [0.25, 0.3) is 0 Å². The number of esters is 1. The Morgan fingerprint density at radius 1 is 0.879 bits per heavy atom. The molecule has 168 valence electrons. The van der Waals surface area contributed by atoms with Gasteiger partial charge in [-0.2, -0.15) is 5.10 Å². The first-order valence-corrected chi connectivity index (χ1v) is 10.4. The SMILES string of the molecule is C/C(=N\NC(=O)C(=O)Nc1cc(C)cc(C)c1)c1ccc(OC(=O)c2ccccc2Cl)cc1. The predicted molar refractivity (Wildman–Crippen MR) is 128 cm³/mol. The number of hydrogen-bond donors (Lipinski definition) is 2. The molecule has 0 fully saturated rings. The van der Waals surface area contributed by atoms with Gasteiger partial charge >= 0.3 is 17.8 Å². The highest BCUT2D eigenvalue weighted by atomic mass is 35.5. The Hall–Kier alpha value is -3.97. The molecule has 0 aliphatic carbocycles. The van der Waals surface area contributed by atoms with Gasteiger partial charge in [-0.1, -0.05) is 29.8 Å². The van der Waals surface area contributed by atoms with Crippen LogP contribution in [0.3, 0.4) is 0 Å². The number of anilines is 1. The summed E-state index contributed by atoms with van der Waals surface area (Å²) in [6, 6.07) is 18.7. The van der Waals surface area contributed by atoms with Gasteiger partial charge in [-0.25, -0.2) is 10.2 Å². The van der Waals surface area contributed by atoms with Crippen LogP contribution in [0.15, 0.2) is 71.8 Å². The maximum atomic E-state index is 12.2. The van der Waals surface area contributed by atoms with Crippen molar-refractivity contribution in [2.45, 2.75) is 20.8 Å². The van der Waals surface area contributed by atoms with Gasteiger partial charge in [-0.3, -0.25) is 9.59 Å². The van der Waals surface area contributed by atoms with E-state index in [4.69, 9.17) is 16.3 Å². The summed E-state index contributed by atoms with van der Waals surface area (Å²) >= 11 is 6.01. The van der Waals surface area contributed by atoms with E-state index in [2.05, 4.69) is 15.8 Å². The molecule has 33 heavy (non-hydrogen) atoms. The number of rotatable bonds is 5. The number of amides is 2. The molecule has 0 atom stereocenters. The van der Waals surface area contributed by atoms with E-state index in [1.807, 2.05) is 19.9 Å². The Kier molecular flexibility index (Phi) is 7.58. The Morgan fingerprint density at radius 3 is 2.15 bits per heavy atom. The van der Waals surface area contributed by atoms with Crippen LogP contribution in [0.4, 0.5) is 5.69 Å². The summed E-state index contributed by atoms with van der Waals surface area (Å²) in [5.74, 6) is -1.95. The van der Waals surface area contributed by atoms with Gasteiger partial charge in [0.15, 0.2) is 0 Å². The highest BCUT2D eigenvalue weighted by Gasteiger charge is 2.14. The Morgan fingerprint density at radius 2 is 1.52 bits per heavy atom. The summed E-state index contributed by atoms with van der Waals surface area (Å²) < 4.78 is 5.33. The van der Waals surface area contributed by atoms with Gasteiger partial charge in [0.1, 0.15) is 5.75 Å². The molecule has 0 unspecified atom stereocenters. The van der Waals surface area contributed by atoms with E-state index in [0.29, 0.717) is 27.7 Å². The predicted octanol–water partition coefficient (Wildman–Crippen LogP) is 4.65. The molecule has 3 rings (SSSR count). The van der Waals surface area contributed by atoms with Gasteiger partial charge in [0.2, 0.25) is 0 Å². The number of carbonyl (C=O) groups excluding carboxylic acids is 3. The van der Waals surface area contributed by atoms with Gasteiger partial charge in [0, 0.05) is 5.69 Å². The second-order valence-corrected chi connectivity index (χ2v) is 7.77. The summed E-state index contributed by atoms with van der Waals surface area (Å²) in [6.45, 7) is 5.48. The third kappa shape index (κ3) is 6.51. The first kappa shape index (κ1) is 23.7. The highest BCUT2D eigenvalue weighted by molar-refractivity contribution is 6.39. The summed E-state index contributed by atoms with van der Waals surface area (Å²) in [5, 5.41) is 6.83. The van der Waals surface area contributed by atoms with Crippen molar-refractivity contribution in [3.05, 3.63) is 94.0 Å². The smallest absolute Gasteiger partial charge is 0.345 e. The Bertz CT molecular complexity index is 1220. The lowest BCUT2D eigenvalue weighted by Crippen LogP contribution is -2.33. The number of carbonyl (C=O) groups is 3. The van der Waals surface area contributed by atoms with E-state index >= 15 is 0 Å². The lowest BCUT2D eigenvalue weighted by Gasteiger charge is -2.08. The minimum atomic E-state index is -0.890. The third-order valence-electron chi connectivity index (χ3n) is 4.59. The fraction of sp³-hybridized carbons (Fsp3) is 0.120. The first-order valence-electron chi connectivity index (χ1n) is 10.0. The molecule has 2 amide bonds. The van der Waals surface area contributed by atoms with Gasteiger partial charge in [0.25, 0.3) is 0 Å². The number of aryl methyl sites for hydroxylation is 2. The maximum Gasteiger partial charge on any atom is 0.345 e. The molecule has 0 aliphatic heterocycles. The van der Waals surface area contributed by atoms with Crippen LogP contribution in [0, 0.1) is 13.8 Å². The topological polar surface area (TPSA) is 96.9 Å². The number of hydrogen-bond acceptors (Lipinski definition) is 5. The quantitative estimate of drug-likeness (QED) is 0.189. The molecular weight excluding hydrogens is 442 g/mol. The standard InChI is InChI=1S/C25H22ClN3O4/c1-15-12-16(2)14-19(13-15)27-23(30)24(31)29-28-17(3)18-8-10-20(11-9-18)33-25(32)21-6-4-5-7-22(21)26/h4-14H,1-3H3,(H,27,30)(H,29,31)/b28-17+. The van der Waals surface area contributed by atoms with Crippen LogP contribution in [-0.2, 0) is 9.59 Å². The first-order chi connectivity index (χ1) is 15.7. The van der Waals surface area contributed by atoms with E-state index in [-0.39, 0.29) is 5.56 Å². The molecule has 8 heteroatoms. The van der Waals surface area contributed by atoms with Crippen LogP contribution in [-0.4, -0.2) is 23.5 Å². The summed E-state index contributed by atoms with van der Waals surface area (Å²) in [5.41, 5.74) is 6.12. The molecule has 3 aromatic carbocycles. The molecular formula is C25H22ClN3O4. The van der Waals surface area contributed by atoms with Gasteiger partial charge < -0.3 is 10.1 Å². The molecule has 0 saturated heterocycles. The van der Waals surface area contributed by atoms with E-state index < -0.39 is 17.8 Å². The normalized spacial score (nSPS) is 11.0. The zero-order valence-corrected chi connectivity index (χ0v) is 19.1. The molecule has 7 nitrogen and oxygen atoms in total. The van der Waals surface area contributed by atoms with Crippen molar-refractivity contribution in [1.29, 1.82) is 0 Å². The minimum absolute atomic E-state index is 0.266. The summed E-state index contributed by atoms with van der Waals surface area (Å²) in [7, 11) is 0.